The zero-order valence-electron chi connectivity index (χ0n) is 9.88. The number of aromatic nitrogens is 1. The van der Waals surface area contributed by atoms with Gasteiger partial charge in [0, 0.05) is 13.3 Å². The fourth-order valence-electron chi connectivity index (χ4n) is 1.17. The van der Waals surface area contributed by atoms with Crippen molar-refractivity contribution >= 4 is 17.6 Å². The largest absolute Gasteiger partial charge is 0.476 e. The quantitative estimate of drug-likeness (QED) is 0.683. The van der Waals surface area contributed by atoms with E-state index in [4.69, 9.17) is 14.6 Å². The number of hydrogen-bond acceptors (Lipinski definition) is 5. The molecule has 18 heavy (non-hydrogen) atoms. The molecule has 0 radical (unpaired) electrons. The topological polar surface area (TPSA) is 97.8 Å². The normalized spacial score (nSPS) is 10.1. The van der Waals surface area contributed by atoms with Crippen molar-refractivity contribution in [1.29, 1.82) is 0 Å². The summed E-state index contributed by atoms with van der Waals surface area (Å²) < 4.78 is 9.75. The molecule has 0 unspecified atom stereocenters. The van der Waals surface area contributed by atoms with Crippen LogP contribution in [-0.4, -0.2) is 48.9 Å². The second-order valence-electron chi connectivity index (χ2n) is 3.30. The van der Waals surface area contributed by atoms with Crippen LogP contribution in [0.25, 0.3) is 0 Å². The highest BCUT2D eigenvalue weighted by Crippen LogP contribution is 2.11. The number of carboxylic acids is 1. The number of carboxylic acid groups (broad SMARTS) is 1. The van der Waals surface area contributed by atoms with Crippen LogP contribution in [0.3, 0.4) is 0 Å². The number of pyridine rings is 1. The highest BCUT2D eigenvalue weighted by Gasteiger charge is 2.13. The van der Waals surface area contributed by atoms with E-state index in [1.165, 1.54) is 25.4 Å². The van der Waals surface area contributed by atoms with Crippen LogP contribution in [0.4, 0.5) is 5.69 Å². The van der Waals surface area contributed by atoms with Crippen molar-refractivity contribution in [3.8, 4) is 0 Å². The number of methoxy groups -OCH3 is 1. The van der Waals surface area contributed by atoms with Gasteiger partial charge in [-0.3, -0.25) is 4.79 Å². The molecule has 0 atom stereocenters. The highest BCUT2D eigenvalue weighted by atomic mass is 16.5. The maximum Gasteiger partial charge on any atom is 0.356 e. The number of hydrogen-bond donors (Lipinski definition) is 2. The van der Waals surface area contributed by atoms with E-state index in [-0.39, 0.29) is 18.0 Å². The summed E-state index contributed by atoms with van der Waals surface area (Å²) in [6.45, 7) is 0.514. The number of rotatable bonds is 7. The van der Waals surface area contributed by atoms with Gasteiger partial charge in [-0.25, -0.2) is 9.78 Å². The van der Waals surface area contributed by atoms with Gasteiger partial charge in [0.15, 0.2) is 5.69 Å². The van der Waals surface area contributed by atoms with Crippen LogP contribution in [-0.2, 0) is 14.3 Å². The van der Waals surface area contributed by atoms with Gasteiger partial charge in [0.1, 0.15) is 6.61 Å². The number of carbonyl (C=O) groups excluding carboxylic acids is 1. The molecule has 0 saturated heterocycles. The predicted molar refractivity (Wildman–Crippen MR) is 62.5 cm³/mol. The molecule has 2 N–H and O–H groups in total. The summed E-state index contributed by atoms with van der Waals surface area (Å²) in [4.78, 5) is 26.0. The van der Waals surface area contributed by atoms with Crippen LogP contribution in [0.5, 0.6) is 0 Å². The summed E-state index contributed by atoms with van der Waals surface area (Å²) in [5, 5.41) is 11.3. The molecule has 0 fully saturated rings. The molecular formula is C11H14N2O5. The van der Waals surface area contributed by atoms with Crippen molar-refractivity contribution in [1.82, 2.24) is 4.98 Å². The van der Waals surface area contributed by atoms with E-state index >= 15 is 0 Å². The summed E-state index contributed by atoms with van der Waals surface area (Å²) in [5.41, 5.74) is -0.0620. The molecule has 1 rings (SSSR count). The third-order valence-electron chi connectivity index (χ3n) is 1.95. The first kappa shape index (κ1) is 14.1. The number of amides is 1. The van der Waals surface area contributed by atoms with Gasteiger partial charge in [-0.05, 0) is 12.1 Å². The third kappa shape index (κ3) is 4.48. The van der Waals surface area contributed by atoms with Gasteiger partial charge >= 0.3 is 5.97 Å². The maximum atomic E-state index is 11.5. The first-order valence-corrected chi connectivity index (χ1v) is 5.20. The minimum absolute atomic E-state index is 0.144. The fraction of sp³-hybridized carbons (Fsp3) is 0.364. The second-order valence-corrected chi connectivity index (χ2v) is 3.30. The van der Waals surface area contributed by atoms with Crippen molar-refractivity contribution in [3.05, 3.63) is 24.0 Å². The predicted octanol–water partition coefficient (Wildman–Crippen LogP) is 0.381. The first-order chi connectivity index (χ1) is 8.65. The summed E-state index contributed by atoms with van der Waals surface area (Å²) in [7, 11) is 1.53. The summed E-state index contributed by atoms with van der Waals surface area (Å²) in [6, 6.07) is 3.00. The van der Waals surface area contributed by atoms with Crippen molar-refractivity contribution in [3.63, 3.8) is 0 Å². The first-order valence-electron chi connectivity index (χ1n) is 5.20. The van der Waals surface area contributed by atoms with E-state index in [0.29, 0.717) is 13.2 Å². The molecule has 0 bridgehead atoms. The second kappa shape index (κ2) is 7.36. The molecule has 1 aromatic rings. The van der Waals surface area contributed by atoms with E-state index in [1.54, 1.807) is 0 Å². The molecule has 0 aliphatic heterocycles. The number of aromatic carboxylic acids is 1. The molecular weight excluding hydrogens is 240 g/mol. The lowest BCUT2D eigenvalue weighted by Gasteiger charge is -2.07. The van der Waals surface area contributed by atoms with Crippen LogP contribution in [0.1, 0.15) is 10.5 Å². The average Bonchev–Trinajstić information content (AvgIpc) is 2.35. The Balaban J connectivity index is 2.51. The lowest BCUT2D eigenvalue weighted by atomic mass is 10.3. The molecule has 0 aliphatic rings. The zero-order chi connectivity index (χ0) is 13.4. The molecule has 0 aromatic carbocycles. The van der Waals surface area contributed by atoms with Gasteiger partial charge in [0.25, 0.3) is 0 Å². The minimum Gasteiger partial charge on any atom is -0.476 e. The Morgan fingerprint density at radius 3 is 2.89 bits per heavy atom. The van der Waals surface area contributed by atoms with Gasteiger partial charge in [0.05, 0.1) is 18.9 Å². The monoisotopic (exact) mass is 254 g/mol. The Labute approximate surface area is 104 Å². The Kier molecular flexibility index (Phi) is 5.75. The van der Waals surface area contributed by atoms with Crippen LogP contribution in [0.15, 0.2) is 18.3 Å². The van der Waals surface area contributed by atoms with Crippen molar-refractivity contribution in [2.75, 3.05) is 32.2 Å². The standard InChI is InChI=1S/C11H14N2O5/c1-17-5-6-18-7-9(14)13-8-3-2-4-12-10(8)11(15)16/h2-4H,5-7H2,1H3,(H,13,14)(H,15,16). The van der Waals surface area contributed by atoms with Gasteiger partial charge in [-0.1, -0.05) is 0 Å². The van der Waals surface area contributed by atoms with Crippen LogP contribution >= 0.6 is 0 Å². The van der Waals surface area contributed by atoms with Crippen LogP contribution in [0, 0.1) is 0 Å². The molecule has 1 heterocycles. The summed E-state index contributed by atoms with van der Waals surface area (Å²) in [5.74, 6) is -1.65. The lowest BCUT2D eigenvalue weighted by molar-refractivity contribution is -0.121. The van der Waals surface area contributed by atoms with Crippen molar-refractivity contribution < 1.29 is 24.2 Å². The Bertz CT molecular complexity index is 422. The highest BCUT2D eigenvalue weighted by molar-refractivity contribution is 5.99. The minimum atomic E-state index is -1.20. The molecule has 0 aliphatic carbocycles. The molecule has 0 saturated carbocycles. The van der Waals surface area contributed by atoms with Crippen molar-refractivity contribution in [2.45, 2.75) is 0 Å². The maximum absolute atomic E-state index is 11.5. The van der Waals surface area contributed by atoms with E-state index < -0.39 is 11.9 Å². The molecule has 98 valence electrons. The van der Waals surface area contributed by atoms with Gasteiger partial charge in [-0.2, -0.15) is 0 Å². The Morgan fingerprint density at radius 1 is 1.44 bits per heavy atom. The van der Waals surface area contributed by atoms with E-state index in [2.05, 4.69) is 10.3 Å². The number of carbonyl (C=O) groups is 2. The van der Waals surface area contributed by atoms with Gasteiger partial charge in [0.2, 0.25) is 5.91 Å². The fourth-order valence-corrected chi connectivity index (χ4v) is 1.17. The van der Waals surface area contributed by atoms with Crippen LogP contribution in [0.2, 0.25) is 0 Å². The van der Waals surface area contributed by atoms with E-state index in [9.17, 15) is 9.59 Å². The molecule has 1 aromatic heterocycles. The third-order valence-corrected chi connectivity index (χ3v) is 1.95. The SMILES string of the molecule is COCCOCC(=O)Nc1cccnc1C(=O)O. The summed E-state index contributed by atoms with van der Waals surface area (Å²) in [6.07, 6.45) is 1.34. The van der Waals surface area contributed by atoms with Gasteiger partial charge in [-0.15, -0.1) is 0 Å². The van der Waals surface area contributed by atoms with Crippen LogP contribution < -0.4 is 5.32 Å². The lowest BCUT2D eigenvalue weighted by Crippen LogP contribution is -2.21. The summed E-state index contributed by atoms with van der Waals surface area (Å²) >= 11 is 0. The molecule has 1 amide bonds. The number of ether oxygens (including phenoxy) is 2. The Morgan fingerprint density at radius 2 is 2.22 bits per heavy atom. The smallest absolute Gasteiger partial charge is 0.356 e. The average molecular weight is 254 g/mol. The van der Waals surface area contributed by atoms with E-state index in [1.807, 2.05) is 0 Å². The molecule has 7 heteroatoms. The molecule has 7 nitrogen and oxygen atoms in total. The number of nitrogens with one attached hydrogen (secondary N) is 1. The molecule has 0 spiro atoms. The zero-order valence-corrected chi connectivity index (χ0v) is 9.88. The van der Waals surface area contributed by atoms with Crippen molar-refractivity contribution in [2.24, 2.45) is 0 Å². The number of anilines is 1. The number of nitrogens with zero attached hydrogens (tertiary/aromatic N) is 1. The Hall–Kier alpha value is -1.99. The van der Waals surface area contributed by atoms with Gasteiger partial charge < -0.3 is 19.9 Å². The van der Waals surface area contributed by atoms with E-state index in [0.717, 1.165) is 0 Å².